The second kappa shape index (κ2) is 9.57. The number of rotatable bonds is 6. The maximum Gasteiger partial charge on any atom is 0.434 e. The Labute approximate surface area is 227 Å². The van der Waals surface area contributed by atoms with Gasteiger partial charge in [-0.2, -0.15) is 13.2 Å². The molecule has 3 aromatic heterocycles. The molecule has 1 saturated carbocycles. The molecule has 2 aliphatic rings. The summed E-state index contributed by atoms with van der Waals surface area (Å²) >= 11 is 0. The van der Waals surface area contributed by atoms with Crippen LogP contribution in [0.15, 0.2) is 43.0 Å². The van der Waals surface area contributed by atoms with E-state index in [-0.39, 0.29) is 18.3 Å². The van der Waals surface area contributed by atoms with Crippen LogP contribution in [0.4, 0.5) is 24.7 Å². The molecule has 4 aromatic rings. The number of nitrogens with zero attached hydrogens (tertiary/aromatic N) is 8. The number of ether oxygens (including phenoxy) is 1. The molecule has 0 unspecified atom stereocenters. The van der Waals surface area contributed by atoms with Crippen LogP contribution in [0.25, 0.3) is 22.8 Å². The van der Waals surface area contributed by atoms with Gasteiger partial charge in [0.05, 0.1) is 25.5 Å². The number of amides is 1. The Balaban J connectivity index is 1.33. The molecule has 0 N–H and O–H groups in total. The topological polar surface area (TPSA) is 102 Å². The zero-order valence-corrected chi connectivity index (χ0v) is 22.0. The first kappa shape index (κ1) is 25.7. The number of likely N-dealkylation sites (N-methyl/N-ethyl adjacent to an activating group) is 1. The smallest absolute Gasteiger partial charge is 0.434 e. The number of halogens is 3. The lowest BCUT2D eigenvalue weighted by Crippen LogP contribution is -2.44. The van der Waals surface area contributed by atoms with Crippen molar-refractivity contribution in [1.29, 1.82) is 0 Å². The van der Waals surface area contributed by atoms with Crippen molar-refractivity contribution < 1.29 is 22.7 Å². The molecule has 0 radical (unpaired) electrons. The molecule has 0 bridgehead atoms. The van der Waals surface area contributed by atoms with Crippen molar-refractivity contribution in [3.63, 3.8) is 0 Å². The number of aromatic nitrogens is 6. The first-order valence-corrected chi connectivity index (χ1v) is 12.6. The number of alkyl halides is 3. The van der Waals surface area contributed by atoms with Crippen LogP contribution < -0.4 is 14.5 Å². The number of aryl methyl sites for hydroxylation is 1. The molecule has 4 heterocycles. The van der Waals surface area contributed by atoms with E-state index in [4.69, 9.17) is 9.72 Å². The van der Waals surface area contributed by atoms with Gasteiger partial charge in [0.1, 0.15) is 23.4 Å². The molecule has 13 heteroatoms. The fourth-order valence-corrected chi connectivity index (χ4v) is 4.83. The first-order valence-electron chi connectivity index (χ1n) is 12.6. The van der Waals surface area contributed by atoms with Crippen LogP contribution in [0.3, 0.4) is 0 Å². The molecule has 1 aromatic carbocycles. The van der Waals surface area contributed by atoms with Gasteiger partial charge in [-0.3, -0.25) is 4.79 Å². The maximum atomic E-state index is 13.1. The Kier molecular flexibility index (Phi) is 6.15. The number of hydrogen-bond acceptors (Lipinski definition) is 8. The van der Waals surface area contributed by atoms with Crippen molar-refractivity contribution in [3.8, 4) is 28.7 Å². The summed E-state index contributed by atoms with van der Waals surface area (Å²) in [4.78, 5) is 38.1. The highest BCUT2D eigenvalue weighted by atomic mass is 19.4. The number of carbonyl (C=O) groups excluding carboxylic acids is 1. The summed E-state index contributed by atoms with van der Waals surface area (Å²) in [6, 6.07) is 7.05. The highest BCUT2D eigenvalue weighted by molar-refractivity contribution is 6.02. The van der Waals surface area contributed by atoms with Crippen LogP contribution >= 0.6 is 0 Å². The van der Waals surface area contributed by atoms with Crippen LogP contribution in [0.2, 0.25) is 0 Å². The van der Waals surface area contributed by atoms with Gasteiger partial charge in [-0.05, 0) is 18.4 Å². The Morgan fingerprint density at radius 3 is 2.45 bits per heavy atom. The van der Waals surface area contributed by atoms with E-state index in [2.05, 4.69) is 19.9 Å². The lowest BCUT2D eigenvalue weighted by molar-refractivity contribution is -0.140. The third-order valence-electron chi connectivity index (χ3n) is 7.09. The second-order valence-electron chi connectivity index (χ2n) is 9.88. The number of benzene rings is 1. The number of fused-ring (bicyclic) bond motifs is 1. The summed E-state index contributed by atoms with van der Waals surface area (Å²) in [5.41, 5.74) is 2.50. The predicted molar refractivity (Wildman–Crippen MR) is 140 cm³/mol. The third-order valence-corrected chi connectivity index (χ3v) is 7.09. The number of anilines is 2. The van der Waals surface area contributed by atoms with Crippen molar-refractivity contribution in [3.05, 3.63) is 59.9 Å². The molecule has 40 heavy (non-hydrogen) atoms. The summed E-state index contributed by atoms with van der Waals surface area (Å²) in [6.07, 6.45) is 1.58. The molecule has 6 rings (SSSR count). The van der Waals surface area contributed by atoms with E-state index in [0.717, 1.165) is 30.3 Å². The van der Waals surface area contributed by atoms with Crippen molar-refractivity contribution in [2.45, 2.75) is 31.5 Å². The van der Waals surface area contributed by atoms with E-state index in [9.17, 15) is 18.0 Å². The molecule has 10 nitrogen and oxygen atoms in total. The van der Waals surface area contributed by atoms with Gasteiger partial charge in [-0.15, -0.1) is 0 Å². The molecule has 1 aliphatic carbocycles. The Bertz CT molecular complexity index is 1600. The molecule has 0 atom stereocenters. The van der Waals surface area contributed by atoms with Crippen LogP contribution in [-0.4, -0.2) is 56.1 Å². The van der Waals surface area contributed by atoms with Crippen molar-refractivity contribution in [1.82, 2.24) is 29.5 Å². The van der Waals surface area contributed by atoms with Crippen LogP contribution in [0.1, 0.15) is 35.7 Å². The summed E-state index contributed by atoms with van der Waals surface area (Å²) in [5.74, 6) is 1.77. The van der Waals surface area contributed by atoms with Crippen molar-refractivity contribution in [2.24, 2.45) is 7.05 Å². The average Bonchev–Trinajstić information content (AvgIpc) is 3.71. The molecule has 206 valence electrons. The quantitative estimate of drug-likeness (QED) is 0.352. The van der Waals surface area contributed by atoms with Gasteiger partial charge in [-0.25, -0.2) is 24.9 Å². The van der Waals surface area contributed by atoms with Gasteiger partial charge < -0.3 is 19.1 Å². The molecule has 1 aliphatic heterocycles. The standard InChI is InChI=1S/C27H25F3N8O2/c1-36-12-19(27(28,29)30)34-24(36)17-6-4-15(5-7-17)11-38-13-20(39)37(2)18-10-31-23(35-25(18)38)21-22(16-8-9-16)32-14-33-26(21)40-3/h4-7,10,12,14,16H,8-9,11,13H2,1-3H3. The molecule has 1 amide bonds. The van der Waals surface area contributed by atoms with Gasteiger partial charge in [0.2, 0.25) is 11.8 Å². The highest BCUT2D eigenvalue weighted by Crippen LogP contribution is 2.45. The van der Waals surface area contributed by atoms with E-state index < -0.39 is 11.9 Å². The number of carbonyl (C=O) groups is 1. The second-order valence-corrected chi connectivity index (χ2v) is 9.88. The van der Waals surface area contributed by atoms with E-state index in [1.165, 1.54) is 30.0 Å². The molecule has 1 fully saturated rings. The Hall–Kier alpha value is -4.55. The summed E-state index contributed by atoms with van der Waals surface area (Å²) in [6.45, 7) is 0.434. The van der Waals surface area contributed by atoms with E-state index in [0.29, 0.717) is 46.8 Å². The van der Waals surface area contributed by atoms with E-state index in [1.807, 2.05) is 4.90 Å². The minimum atomic E-state index is -4.52. The number of imidazole rings is 1. The molecular formula is C27H25F3N8O2. The maximum absolute atomic E-state index is 13.1. The van der Waals surface area contributed by atoms with Crippen LogP contribution in [0, 0.1) is 0 Å². The number of methoxy groups -OCH3 is 1. The Morgan fingerprint density at radius 1 is 1.05 bits per heavy atom. The van der Waals surface area contributed by atoms with E-state index in [1.54, 1.807) is 37.5 Å². The molecular weight excluding hydrogens is 525 g/mol. The average molecular weight is 551 g/mol. The highest BCUT2D eigenvalue weighted by Gasteiger charge is 2.35. The zero-order chi connectivity index (χ0) is 28.2. The van der Waals surface area contributed by atoms with Gasteiger partial charge in [0.25, 0.3) is 0 Å². The monoisotopic (exact) mass is 550 g/mol. The van der Waals surface area contributed by atoms with Crippen LogP contribution in [-0.2, 0) is 24.6 Å². The van der Waals surface area contributed by atoms with Gasteiger partial charge in [0.15, 0.2) is 17.3 Å². The lowest BCUT2D eigenvalue weighted by atomic mass is 10.1. The van der Waals surface area contributed by atoms with Gasteiger partial charge >= 0.3 is 6.18 Å². The number of hydrogen-bond donors (Lipinski definition) is 0. The zero-order valence-electron chi connectivity index (χ0n) is 22.0. The lowest BCUT2D eigenvalue weighted by Gasteiger charge is -2.34. The minimum absolute atomic E-state index is 0.0912. The summed E-state index contributed by atoms with van der Waals surface area (Å²) in [5, 5.41) is 0. The SMILES string of the molecule is COc1ncnc(C2CC2)c1-c1ncc2c(n1)N(Cc1ccc(-c3nc(C(F)(F)F)cn3C)cc1)CC(=O)N2C. The van der Waals surface area contributed by atoms with Crippen LogP contribution in [0.5, 0.6) is 5.88 Å². The van der Waals surface area contributed by atoms with Crippen molar-refractivity contribution in [2.75, 3.05) is 30.5 Å². The predicted octanol–water partition coefficient (Wildman–Crippen LogP) is 4.22. The summed E-state index contributed by atoms with van der Waals surface area (Å²) in [7, 11) is 4.75. The molecule has 0 spiro atoms. The Morgan fingerprint density at radius 2 is 1.80 bits per heavy atom. The van der Waals surface area contributed by atoms with Gasteiger partial charge in [-0.1, -0.05) is 24.3 Å². The fourth-order valence-electron chi connectivity index (χ4n) is 4.83. The van der Waals surface area contributed by atoms with Gasteiger partial charge in [0, 0.05) is 38.3 Å². The van der Waals surface area contributed by atoms with E-state index >= 15 is 0 Å². The summed E-state index contributed by atoms with van der Waals surface area (Å²) < 4.78 is 46.2. The minimum Gasteiger partial charge on any atom is -0.480 e. The molecule has 0 saturated heterocycles. The van der Waals surface area contributed by atoms with Crippen molar-refractivity contribution >= 4 is 17.4 Å². The largest absolute Gasteiger partial charge is 0.480 e. The normalized spacial score (nSPS) is 15.4. The fraction of sp³-hybridized carbons (Fsp3) is 0.333. The third kappa shape index (κ3) is 4.61. The first-order chi connectivity index (χ1) is 19.1.